The van der Waals surface area contributed by atoms with Crippen molar-refractivity contribution in [3.63, 3.8) is 0 Å². The molecule has 4 rings (SSSR count). The number of pyridine rings is 1. The molecular weight excluding hydrogens is 418 g/mol. The van der Waals surface area contributed by atoms with Gasteiger partial charge >= 0.3 is 0 Å². The first-order valence-electron chi connectivity index (χ1n) is 12.2. The van der Waals surface area contributed by atoms with Crippen LogP contribution in [0.3, 0.4) is 0 Å². The zero-order valence-corrected chi connectivity index (χ0v) is 20.4. The van der Waals surface area contributed by atoms with Crippen LogP contribution in [0, 0.1) is 0 Å². The smallest absolute Gasteiger partial charge is 0.160 e. The fourth-order valence-corrected chi connectivity index (χ4v) is 4.93. The summed E-state index contributed by atoms with van der Waals surface area (Å²) < 4.78 is 5.50. The third-order valence-corrected chi connectivity index (χ3v) is 6.69. The van der Waals surface area contributed by atoms with Crippen molar-refractivity contribution in [1.82, 2.24) is 4.98 Å². The predicted molar refractivity (Wildman–Crippen MR) is 142 cm³/mol. The zero-order valence-electron chi connectivity index (χ0n) is 20.4. The molecule has 1 saturated heterocycles. The molecule has 0 saturated carbocycles. The molecule has 1 fully saturated rings. The molecule has 3 heteroatoms. The number of ether oxygens (including phenoxy) is 1. The Kier molecular flexibility index (Phi) is 7.54. The average molecular weight is 452 g/mol. The van der Waals surface area contributed by atoms with Crippen LogP contribution in [0.2, 0.25) is 0 Å². The van der Waals surface area contributed by atoms with Gasteiger partial charge in [0.25, 0.3) is 0 Å². The summed E-state index contributed by atoms with van der Waals surface area (Å²) in [6, 6.07) is 17.5. The van der Waals surface area contributed by atoms with Crippen LogP contribution in [0.25, 0.3) is 34.5 Å². The number of carbonyl (C=O) groups is 1. The number of allylic oxidation sites excluding steroid dienone is 1. The first-order valence-corrected chi connectivity index (χ1v) is 12.2. The van der Waals surface area contributed by atoms with Crippen molar-refractivity contribution in [3.8, 4) is 22.4 Å². The van der Waals surface area contributed by atoms with E-state index in [9.17, 15) is 4.79 Å². The highest BCUT2D eigenvalue weighted by molar-refractivity contribution is 6.01. The van der Waals surface area contributed by atoms with E-state index >= 15 is 0 Å². The number of Topliss-reactive ketones (excluding diaryl/α,β-unsaturated/α-hetero) is 1. The summed E-state index contributed by atoms with van der Waals surface area (Å²) in [6.45, 7) is 11.3. The van der Waals surface area contributed by atoms with Crippen LogP contribution in [-0.4, -0.2) is 24.0 Å². The molecule has 0 N–H and O–H groups in total. The van der Waals surface area contributed by atoms with Gasteiger partial charge in [0.2, 0.25) is 0 Å². The summed E-state index contributed by atoms with van der Waals surface area (Å²) in [5, 5.41) is 0. The monoisotopic (exact) mass is 451 g/mol. The SMILES string of the molecule is C=Cc1c(/C=C\C)nc(-c2ccc(-c3ccc(C4CCOCC4)cc3)cc2)c(CC)c1C(C)=O. The van der Waals surface area contributed by atoms with Crippen LogP contribution < -0.4 is 0 Å². The lowest BCUT2D eigenvalue weighted by atomic mass is 9.89. The molecule has 0 aliphatic carbocycles. The minimum Gasteiger partial charge on any atom is -0.381 e. The molecular formula is C31H33NO2. The lowest BCUT2D eigenvalue weighted by molar-refractivity contribution is 0.0853. The third kappa shape index (κ3) is 4.80. The van der Waals surface area contributed by atoms with Gasteiger partial charge in [-0.15, -0.1) is 0 Å². The summed E-state index contributed by atoms with van der Waals surface area (Å²) in [5.74, 6) is 0.645. The first-order chi connectivity index (χ1) is 16.6. The normalized spacial score (nSPS) is 14.4. The van der Waals surface area contributed by atoms with Crippen LogP contribution in [0.5, 0.6) is 0 Å². The van der Waals surface area contributed by atoms with Crippen molar-refractivity contribution in [2.75, 3.05) is 13.2 Å². The van der Waals surface area contributed by atoms with Crippen LogP contribution in [0.1, 0.15) is 72.3 Å². The Morgan fingerprint density at radius 3 is 2.15 bits per heavy atom. The van der Waals surface area contributed by atoms with E-state index in [2.05, 4.69) is 62.0 Å². The van der Waals surface area contributed by atoms with Gasteiger partial charge in [-0.05, 0) is 67.4 Å². The topological polar surface area (TPSA) is 39.2 Å². The van der Waals surface area contributed by atoms with E-state index in [4.69, 9.17) is 9.72 Å². The molecule has 0 radical (unpaired) electrons. The summed E-state index contributed by atoms with van der Waals surface area (Å²) in [6.07, 6.45) is 8.56. The lowest BCUT2D eigenvalue weighted by Crippen LogP contribution is -2.13. The number of benzene rings is 2. The second kappa shape index (κ2) is 10.8. The molecule has 3 nitrogen and oxygen atoms in total. The largest absolute Gasteiger partial charge is 0.381 e. The molecule has 2 heterocycles. The molecule has 1 aromatic heterocycles. The number of nitrogens with zero attached hydrogens (tertiary/aromatic N) is 1. The Hall–Kier alpha value is -3.30. The molecule has 0 bridgehead atoms. The van der Waals surface area contributed by atoms with E-state index in [0.717, 1.165) is 66.1 Å². The van der Waals surface area contributed by atoms with Gasteiger partial charge in [-0.2, -0.15) is 0 Å². The van der Waals surface area contributed by atoms with Crippen molar-refractivity contribution in [1.29, 1.82) is 0 Å². The summed E-state index contributed by atoms with van der Waals surface area (Å²) in [4.78, 5) is 17.6. The van der Waals surface area contributed by atoms with E-state index < -0.39 is 0 Å². The summed E-state index contributed by atoms with van der Waals surface area (Å²) >= 11 is 0. The Morgan fingerprint density at radius 1 is 1.03 bits per heavy atom. The minimum absolute atomic E-state index is 0.0439. The second-order valence-electron chi connectivity index (χ2n) is 8.81. The second-order valence-corrected chi connectivity index (χ2v) is 8.81. The van der Waals surface area contributed by atoms with E-state index in [1.807, 2.05) is 19.1 Å². The molecule has 0 unspecified atom stereocenters. The lowest BCUT2D eigenvalue weighted by Gasteiger charge is -2.22. The van der Waals surface area contributed by atoms with Crippen molar-refractivity contribution in [2.24, 2.45) is 0 Å². The van der Waals surface area contributed by atoms with Gasteiger partial charge in [0.05, 0.1) is 11.4 Å². The predicted octanol–water partition coefficient (Wildman–Crippen LogP) is 7.75. The molecule has 34 heavy (non-hydrogen) atoms. The van der Waals surface area contributed by atoms with Gasteiger partial charge in [0.15, 0.2) is 5.78 Å². The van der Waals surface area contributed by atoms with Crippen molar-refractivity contribution < 1.29 is 9.53 Å². The first kappa shape index (κ1) is 23.8. The van der Waals surface area contributed by atoms with E-state index in [1.165, 1.54) is 16.7 Å². The van der Waals surface area contributed by atoms with Gasteiger partial charge in [-0.1, -0.05) is 74.2 Å². The number of ketones is 1. The van der Waals surface area contributed by atoms with E-state index in [0.29, 0.717) is 5.92 Å². The number of hydrogen-bond donors (Lipinski definition) is 0. The fraction of sp³-hybridized carbons (Fsp3) is 0.290. The van der Waals surface area contributed by atoms with Crippen molar-refractivity contribution in [3.05, 3.63) is 89.1 Å². The van der Waals surface area contributed by atoms with Crippen LogP contribution in [-0.2, 0) is 11.2 Å². The third-order valence-electron chi connectivity index (χ3n) is 6.69. The maximum Gasteiger partial charge on any atom is 0.160 e. The van der Waals surface area contributed by atoms with Crippen LogP contribution in [0.15, 0.2) is 61.2 Å². The Labute approximate surface area is 203 Å². The van der Waals surface area contributed by atoms with Gasteiger partial charge in [0, 0.05) is 29.9 Å². The standard InChI is InChI=1S/C31H33NO2/c1-5-8-29-27(6-2)30(21(4)33)28(7-3)31(32-29)26-15-13-23(14-16-26)22-9-11-24(12-10-22)25-17-19-34-20-18-25/h5-6,8-16,25H,2,7,17-20H2,1,3-4H3/b8-5-. The van der Waals surface area contributed by atoms with Gasteiger partial charge < -0.3 is 4.74 Å². The van der Waals surface area contributed by atoms with Crippen LogP contribution >= 0.6 is 0 Å². The van der Waals surface area contributed by atoms with Gasteiger partial charge in [-0.3, -0.25) is 4.79 Å². The summed E-state index contributed by atoms with van der Waals surface area (Å²) in [5.41, 5.74) is 8.95. The maximum atomic E-state index is 12.6. The minimum atomic E-state index is 0.0439. The highest BCUT2D eigenvalue weighted by atomic mass is 16.5. The average Bonchev–Trinajstić information content (AvgIpc) is 2.88. The molecule has 0 atom stereocenters. The van der Waals surface area contributed by atoms with Gasteiger partial charge in [-0.25, -0.2) is 4.98 Å². The Morgan fingerprint density at radius 2 is 1.62 bits per heavy atom. The molecule has 174 valence electrons. The number of rotatable bonds is 7. The molecule has 1 aliphatic heterocycles. The molecule has 2 aromatic carbocycles. The van der Waals surface area contributed by atoms with E-state index in [-0.39, 0.29) is 5.78 Å². The Bertz CT molecular complexity index is 1200. The highest BCUT2D eigenvalue weighted by Crippen LogP contribution is 2.33. The fourth-order valence-electron chi connectivity index (χ4n) is 4.93. The van der Waals surface area contributed by atoms with Crippen LogP contribution in [0.4, 0.5) is 0 Å². The zero-order chi connectivity index (χ0) is 24.1. The molecule has 3 aromatic rings. The number of carbonyl (C=O) groups excluding carboxylic acids is 1. The number of aromatic nitrogens is 1. The van der Waals surface area contributed by atoms with Crippen molar-refractivity contribution >= 4 is 17.9 Å². The maximum absolute atomic E-state index is 12.6. The molecule has 1 aliphatic rings. The van der Waals surface area contributed by atoms with Gasteiger partial charge in [0.1, 0.15) is 0 Å². The molecule has 0 amide bonds. The molecule has 0 spiro atoms. The van der Waals surface area contributed by atoms with Crippen molar-refractivity contribution in [2.45, 2.75) is 46.0 Å². The highest BCUT2D eigenvalue weighted by Gasteiger charge is 2.20. The van der Waals surface area contributed by atoms with E-state index in [1.54, 1.807) is 13.0 Å². The summed E-state index contributed by atoms with van der Waals surface area (Å²) in [7, 11) is 0. The number of hydrogen-bond acceptors (Lipinski definition) is 3. The Balaban J connectivity index is 1.70. The quantitative estimate of drug-likeness (QED) is 0.345.